The largest absolute Gasteiger partial charge is 0.508 e. The Bertz CT molecular complexity index is 1360. The van der Waals surface area contributed by atoms with E-state index in [1.54, 1.807) is 17.0 Å². The molecular weight excluding hydrogens is 454 g/mol. The van der Waals surface area contributed by atoms with Crippen molar-refractivity contribution in [2.75, 3.05) is 57.3 Å². The summed E-state index contributed by atoms with van der Waals surface area (Å²) in [5, 5.41) is 18.4. The Kier molecular flexibility index (Phi) is 5.95. The fourth-order valence-corrected chi connectivity index (χ4v) is 5.02. The number of piperazine rings is 1. The van der Waals surface area contributed by atoms with Crippen molar-refractivity contribution in [2.45, 2.75) is 0 Å². The third kappa shape index (κ3) is 4.47. The van der Waals surface area contributed by atoms with Crippen molar-refractivity contribution >= 4 is 22.7 Å². The van der Waals surface area contributed by atoms with Crippen LogP contribution >= 0.6 is 0 Å². The number of amides is 1. The van der Waals surface area contributed by atoms with Crippen molar-refractivity contribution < 1.29 is 14.6 Å². The fourth-order valence-electron chi connectivity index (χ4n) is 5.02. The summed E-state index contributed by atoms with van der Waals surface area (Å²) in [4.78, 5) is 18.2. The van der Waals surface area contributed by atoms with Gasteiger partial charge >= 0.3 is 6.09 Å². The number of phenolic OH excluding ortho intramolecular Hbond substituents is 1. The summed E-state index contributed by atoms with van der Waals surface area (Å²) >= 11 is 0. The molecule has 2 N–H and O–H groups in total. The zero-order valence-corrected chi connectivity index (χ0v) is 20.1. The number of hydrogen-bond donors (Lipinski definition) is 2. The smallest absolute Gasteiger partial charge is 0.409 e. The Morgan fingerprint density at radius 3 is 2.28 bits per heavy atom. The van der Waals surface area contributed by atoms with Crippen LogP contribution in [0.2, 0.25) is 0 Å². The highest BCUT2D eigenvalue weighted by atomic mass is 16.6. The number of nitrogens with one attached hydrogen (secondary N) is 1. The first-order valence-electron chi connectivity index (χ1n) is 12.4. The van der Waals surface area contributed by atoms with Crippen molar-refractivity contribution in [1.82, 2.24) is 20.0 Å². The van der Waals surface area contributed by atoms with Gasteiger partial charge in [0.15, 0.2) is 0 Å². The summed E-state index contributed by atoms with van der Waals surface area (Å²) in [6.07, 6.45) is -0.184. The van der Waals surface area contributed by atoms with Gasteiger partial charge in [-0.25, -0.2) is 4.79 Å². The Morgan fingerprint density at radius 2 is 1.56 bits per heavy atom. The quantitative estimate of drug-likeness (QED) is 0.428. The number of nitrogens with zero attached hydrogens (tertiary/aromatic N) is 4. The van der Waals surface area contributed by atoms with Crippen molar-refractivity contribution in [3.8, 4) is 28.1 Å². The molecule has 3 heterocycles. The lowest BCUT2D eigenvalue weighted by molar-refractivity contribution is 0.152. The minimum atomic E-state index is -0.184. The number of carbonyl (C=O) groups is 1. The van der Waals surface area contributed by atoms with Gasteiger partial charge in [0.05, 0.1) is 17.8 Å². The van der Waals surface area contributed by atoms with E-state index in [-0.39, 0.29) is 11.8 Å². The van der Waals surface area contributed by atoms with Crippen LogP contribution in [-0.4, -0.2) is 83.6 Å². The van der Waals surface area contributed by atoms with E-state index in [4.69, 9.17) is 4.74 Å². The zero-order chi connectivity index (χ0) is 24.5. The van der Waals surface area contributed by atoms with Crippen LogP contribution in [-0.2, 0) is 4.74 Å². The van der Waals surface area contributed by atoms with Crippen molar-refractivity contribution in [1.29, 1.82) is 0 Å². The number of ether oxygens (including phenoxy) is 1. The van der Waals surface area contributed by atoms with E-state index in [1.165, 1.54) is 5.69 Å². The van der Waals surface area contributed by atoms with Crippen molar-refractivity contribution in [2.24, 2.45) is 0 Å². The normalized spacial score (nSPS) is 16.6. The van der Waals surface area contributed by atoms with E-state index in [9.17, 15) is 9.90 Å². The van der Waals surface area contributed by atoms with E-state index in [1.807, 2.05) is 12.1 Å². The highest BCUT2D eigenvalue weighted by molar-refractivity contribution is 5.95. The molecule has 2 aliphatic heterocycles. The first-order valence-corrected chi connectivity index (χ1v) is 12.4. The predicted molar refractivity (Wildman–Crippen MR) is 140 cm³/mol. The Balaban J connectivity index is 1.10. The molecule has 2 fully saturated rings. The lowest BCUT2D eigenvalue weighted by atomic mass is 10.0. The number of aromatic nitrogens is 2. The first kappa shape index (κ1) is 22.4. The highest BCUT2D eigenvalue weighted by Crippen LogP contribution is 2.31. The van der Waals surface area contributed by atoms with Crippen LogP contribution in [0.15, 0.2) is 66.7 Å². The number of aromatic hydroxyl groups is 1. The molecule has 2 saturated heterocycles. The molecule has 0 spiro atoms. The van der Waals surface area contributed by atoms with Crippen LogP contribution in [0, 0.1) is 0 Å². The monoisotopic (exact) mass is 483 g/mol. The number of aromatic amines is 1. The average Bonchev–Trinajstić information content (AvgIpc) is 3.53. The van der Waals surface area contributed by atoms with Crippen molar-refractivity contribution in [3.05, 3.63) is 66.7 Å². The third-order valence-electron chi connectivity index (χ3n) is 7.17. The Labute approximate surface area is 209 Å². The number of cyclic esters (lactones) is 1. The van der Waals surface area contributed by atoms with Crippen LogP contribution < -0.4 is 4.90 Å². The molecule has 1 aromatic heterocycles. The summed E-state index contributed by atoms with van der Waals surface area (Å²) in [5.74, 6) is 0.264. The van der Waals surface area contributed by atoms with Crippen LogP contribution in [0.25, 0.3) is 33.3 Å². The lowest BCUT2D eigenvalue weighted by Crippen LogP contribution is -2.48. The topological polar surface area (TPSA) is 84.9 Å². The van der Waals surface area contributed by atoms with Gasteiger partial charge in [-0.15, -0.1) is 0 Å². The maximum absolute atomic E-state index is 11.6. The molecule has 1 amide bonds. The van der Waals surface area contributed by atoms with Gasteiger partial charge in [-0.2, -0.15) is 5.10 Å². The van der Waals surface area contributed by atoms with Gasteiger partial charge in [-0.1, -0.05) is 30.3 Å². The first-order chi connectivity index (χ1) is 17.6. The predicted octanol–water partition coefficient (Wildman–Crippen LogP) is 4.18. The molecule has 184 valence electrons. The van der Waals surface area contributed by atoms with E-state index in [2.05, 4.69) is 62.5 Å². The Hall–Kier alpha value is -4.04. The van der Waals surface area contributed by atoms with Crippen LogP contribution in [0.1, 0.15) is 0 Å². The second-order valence-corrected chi connectivity index (χ2v) is 9.36. The molecule has 8 nitrogen and oxygen atoms in total. The number of phenols is 1. The number of anilines is 1. The molecule has 0 saturated carbocycles. The van der Waals surface area contributed by atoms with Gasteiger partial charge in [0, 0.05) is 55.9 Å². The van der Waals surface area contributed by atoms with Crippen LogP contribution in [0.5, 0.6) is 5.75 Å². The summed E-state index contributed by atoms with van der Waals surface area (Å²) < 4.78 is 5.01. The summed E-state index contributed by atoms with van der Waals surface area (Å²) in [7, 11) is 0. The molecule has 8 heteroatoms. The van der Waals surface area contributed by atoms with Gasteiger partial charge in [-0.3, -0.25) is 10.00 Å². The molecule has 2 aliphatic rings. The molecule has 36 heavy (non-hydrogen) atoms. The van der Waals surface area contributed by atoms with E-state index >= 15 is 0 Å². The molecule has 0 radical (unpaired) electrons. The maximum Gasteiger partial charge on any atom is 0.409 e. The third-order valence-corrected chi connectivity index (χ3v) is 7.17. The number of fused-ring (bicyclic) bond motifs is 1. The van der Waals surface area contributed by atoms with E-state index in [0.29, 0.717) is 13.2 Å². The fraction of sp³-hybridized carbons (Fsp3) is 0.286. The molecule has 0 unspecified atom stereocenters. The molecule has 4 aromatic rings. The zero-order valence-electron chi connectivity index (χ0n) is 20.1. The number of rotatable bonds is 6. The number of benzene rings is 3. The second kappa shape index (κ2) is 9.54. The van der Waals surface area contributed by atoms with Gasteiger partial charge in [0.25, 0.3) is 0 Å². The summed E-state index contributed by atoms with van der Waals surface area (Å²) in [5.41, 5.74) is 6.35. The molecule has 6 rings (SSSR count). The number of carbonyl (C=O) groups excluding carboxylic acids is 1. The Morgan fingerprint density at radius 1 is 0.833 bits per heavy atom. The van der Waals surface area contributed by atoms with E-state index < -0.39 is 0 Å². The SMILES string of the molecule is O=C1OCCN1CCN1CCN(c2ccc(-c3n[nH]c4cc(-c5ccc(O)cc5)ccc34)cc2)CC1. The van der Waals surface area contributed by atoms with Gasteiger partial charge < -0.3 is 19.6 Å². The van der Waals surface area contributed by atoms with E-state index in [0.717, 1.165) is 72.6 Å². The summed E-state index contributed by atoms with van der Waals surface area (Å²) in [6, 6.07) is 22.2. The summed E-state index contributed by atoms with van der Waals surface area (Å²) in [6.45, 7) is 6.75. The lowest BCUT2D eigenvalue weighted by Gasteiger charge is -2.36. The van der Waals surface area contributed by atoms with Gasteiger partial charge in [-0.05, 0) is 47.5 Å². The van der Waals surface area contributed by atoms with Crippen LogP contribution in [0.4, 0.5) is 10.5 Å². The molecular formula is C28H29N5O3. The van der Waals surface area contributed by atoms with Gasteiger partial charge in [0.1, 0.15) is 12.4 Å². The standard InChI is InChI=1S/C28H29N5O3/c34-24-8-3-20(4-9-24)22-5-10-25-26(19-22)29-30-27(25)21-1-6-23(7-2-21)32-14-11-31(12-15-32)13-16-33-17-18-36-28(33)35/h1-10,19,34H,11-18H2,(H,29,30). The minimum Gasteiger partial charge on any atom is -0.508 e. The molecule has 0 aliphatic carbocycles. The highest BCUT2D eigenvalue weighted by Gasteiger charge is 2.23. The number of hydrogen-bond acceptors (Lipinski definition) is 6. The molecule has 0 bridgehead atoms. The molecule has 0 atom stereocenters. The van der Waals surface area contributed by atoms with Crippen molar-refractivity contribution in [3.63, 3.8) is 0 Å². The second-order valence-electron chi connectivity index (χ2n) is 9.36. The number of H-pyrrole nitrogens is 1. The van der Waals surface area contributed by atoms with Gasteiger partial charge in [0.2, 0.25) is 0 Å². The maximum atomic E-state index is 11.6. The molecule has 3 aromatic carbocycles. The minimum absolute atomic E-state index is 0.184. The average molecular weight is 484 g/mol. The van der Waals surface area contributed by atoms with Crippen LogP contribution in [0.3, 0.4) is 0 Å².